The van der Waals surface area contributed by atoms with E-state index in [1.165, 1.54) is 19.1 Å². The highest BCUT2D eigenvalue weighted by Gasteiger charge is 2.30. The summed E-state index contributed by atoms with van der Waals surface area (Å²) in [5.74, 6) is -0.903. The molecule has 3 rings (SSSR count). The summed E-state index contributed by atoms with van der Waals surface area (Å²) < 4.78 is 45.3. The van der Waals surface area contributed by atoms with Gasteiger partial charge in [-0.3, -0.25) is 4.79 Å². The summed E-state index contributed by atoms with van der Waals surface area (Å²) in [7, 11) is 3.36. The Balaban J connectivity index is 1.90. The van der Waals surface area contributed by atoms with Gasteiger partial charge in [0.25, 0.3) is 0 Å². The highest BCUT2D eigenvalue weighted by atomic mass is 19.4. The van der Waals surface area contributed by atoms with Gasteiger partial charge >= 0.3 is 12.1 Å². The maximum absolute atomic E-state index is 13.0. The Labute approximate surface area is 179 Å². The minimum absolute atomic E-state index is 0.0206. The van der Waals surface area contributed by atoms with Crippen LogP contribution in [0.3, 0.4) is 0 Å². The predicted molar refractivity (Wildman–Crippen MR) is 107 cm³/mol. The van der Waals surface area contributed by atoms with Crippen molar-refractivity contribution in [1.29, 1.82) is 0 Å². The van der Waals surface area contributed by atoms with Gasteiger partial charge in [0.05, 0.1) is 11.3 Å². The molecule has 10 nitrogen and oxygen atoms in total. The summed E-state index contributed by atoms with van der Waals surface area (Å²) in [5, 5.41) is 3.92. The number of hydrogen-bond acceptors (Lipinski definition) is 9. The summed E-state index contributed by atoms with van der Waals surface area (Å²) in [6.07, 6.45) is -4.57. The zero-order valence-corrected chi connectivity index (χ0v) is 17.2. The number of rotatable bonds is 5. The fourth-order valence-electron chi connectivity index (χ4n) is 2.65. The van der Waals surface area contributed by atoms with Crippen molar-refractivity contribution >= 4 is 17.9 Å². The second kappa shape index (κ2) is 8.61. The van der Waals surface area contributed by atoms with Crippen molar-refractivity contribution in [2.45, 2.75) is 19.7 Å². The molecule has 0 aliphatic rings. The highest BCUT2D eigenvalue weighted by Crippen LogP contribution is 2.30. The van der Waals surface area contributed by atoms with Crippen LogP contribution in [0.5, 0.6) is 0 Å². The van der Waals surface area contributed by atoms with Crippen LogP contribution < -0.4 is 16.1 Å². The normalized spacial score (nSPS) is 11.3. The van der Waals surface area contributed by atoms with Gasteiger partial charge in [0.1, 0.15) is 0 Å². The lowest BCUT2D eigenvalue weighted by Gasteiger charge is -2.13. The Hall–Kier alpha value is -4.03. The number of carbonyl (C=O) groups is 1. The third-order valence-corrected chi connectivity index (χ3v) is 4.14. The first kappa shape index (κ1) is 22.7. The molecule has 0 radical (unpaired) electrons. The molecule has 2 N–H and O–H groups in total. The zero-order valence-electron chi connectivity index (χ0n) is 17.2. The Bertz CT molecular complexity index is 1230. The molecule has 13 heteroatoms. The molecular weight excluding hydrogens is 431 g/mol. The number of nitrogen functional groups attached to an aromatic ring is 1. The van der Waals surface area contributed by atoms with Crippen LogP contribution >= 0.6 is 0 Å². The van der Waals surface area contributed by atoms with Crippen molar-refractivity contribution in [2.75, 3.05) is 24.7 Å². The number of aromatic nitrogens is 5. The van der Waals surface area contributed by atoms with E-state index in [-0.39, 0.29) is 29.1 Å². The number of ether oxygens (including phenoxy) is 1. The van der Waals surface area contributed by atoms with Crippen molar-refractivity contribution in [3.8, 4) is 5.69 Å². The third-order valence-electron chi connectivity index (χ3n) is 4.14. The fraction of sp³-hybridized carbons (Fsp3) is 0.263. The van der Waals surface area contributed by atoms with Gasteiger partial charge in [-0.2, -0.15) is 33.2 Å². The standard InChI is InChI=1S/C19H18F3N7O3/c1-10-7-13(30)15(27-29(10)12-6-4-5-11(8-12)19(20,21)22)16(31)32-9-14-24-17(23)26-18(25-14)28(2)3/h4-8H,9H2,1-3H3,(H2,23,24,25,26). The van der Waals surface area contributed by atoms with Gasteiger partial charge in [0, 0.05) is 25.9 Å². The Kier molecular flexibility index (Phi) is 6.09. The van der Waals surface area contributed by atoms with Crippen LogP contribution in [0.2, 0.25) is 0 Å². The molecule has 0 atom stereocenters. The second-order valence-corrected chi connectivity index (χ2v) is 6.84. The van der Waals surface area contributed by atoms with Crippen molar-refractivity contribution < 1.29 is 22.7 Å². The summed E-state index contributed by atoms with van der Waals surface area (Å²) in [4.78, 5) is 38.2. The molecular formula is C19H18F3N7O3. The fourth-order valence-corrected chi connectivity index (χ4v) is 2.65. The number of hydrogen-bond donors (Lipinski definition) is 1. The first-order chi connectivity index (χ1) is 15.0. The van der Waals surface area contributed by atoms with Crippen molar-refractivity contribution in [1.82, 2.24) is 24.7 Å². The molecule has 0 aliphatic heterocycles. The quantitative estimate of drug-likeness (QED) is 0.579. The number of aryl methyl sites for hydroxylation is 1. The molecule has 0 saturated heterocycles. The zero-order chi connectivity index (χ0) is 23.6. The van der Waals surface area contributed by atoms with Gasteiger partial charge in [-0.05, 0) is 25.1 Å². The summed E-state index contributed by atoms with van der Waals surface area (Å²) in [6, 6.07) is 5.40. The molecule has 0 aliphatic carbocycles. The lowest BCUT2D eigenvalue weighted by atomic mass is 10.2. The predicted octanol–water partition coefficient (Wildman–Crippen LogP) is 1.75. The average molecular weight is 449 g/mol. The molecule has 2 heterocycles. The van der Waals surface area contributed by atoms with E-state index in [0.29, 0.717) is 0 Å². The van der Waals surface area contributed by atoms with Crippen LogP contribution in [-0.4, -0.2) is 44.8 Å². The van der Waals surface area contributed by atoms with E-state index in [9.17, 15) is 22.8 Å². The van der Waals surface area contributed by atoms with Gasteiger partial charge in [-0.1, -0.05) is 6.07 Å². The molecule has 1 aromatic carbocycles. The maximum atomic E-state index is 13.0. The van der Waals surface area contributed by atoms with E-state index in [0.717, 1.165) is 22.9 Å². The summed E-state index contributed by atoms with van der Waals surface area (Å²) >= 11 is 0. The molecule has 0 bridgehead atoms. The van der Waals surface area contributed by atoms with Crippen LogP contribution in [0.25, 0.3) is 5.69 Å². The topological polar surface area (TPSA) is 129 Å². The molecule has 0 fully saturated rings. The van der Waals surface area contributed by atoms with Crippen LogP contribution in [0.15, 0.2) is 35.1 Å². The minimum Gasteiger partial charge on any atom is -0.453 e. The SMILES string of the molecule is Cc1cc(=O)c(C(=O)OCc2nc(N)nc(N(C)C)n2)nn1-c1cccc(C(F)(F)F)c1. The monoisotopic (exact) mass is 449 g/mol. The van der Waals surface area contributed by atoms with Crippen molar-refractivity contribution in [2.24, 2.45) is 0 Å². The van der Waals surface area contributed by atoms with Crippen molar-refractivity contribution in [3.63, 3.8) is 0 Å². The van der Waals surface area contributed by atoms with E-state index in [1.807, 2.05) is 0 Å². The van der Waals surface area contributed by atoms with E-state index >= 15 is 0 Å². The highest BCUT2D eigenvalue weighted by molar-refractivity contribution is 5.86. The van der Waals surface area contributed by atoms with E-state index < -0.39 is 35.4 Å². The lowest BCUT2D eigenvalue weighted by molar-refractivity contribution is -0.137. The minimum atomic E-state index is -4.57. The lowest BCUT2D eigenvalue weighted by Crippen LogP contribution is -2.25. The number of anilines is 2. The van der Waals surface area contributed by atoms with Gasteiger partial charge < -0.3 is 15.4 Å². The number of halogens is 3. The first-order valence-electron chi connectivity index (χ1n) is 9.09. The van der Waals surface area contributed by atoms with Crippen LogP contribution in [0, 0.1) is 6.92 Å². The van der Waals surface area contributed by atoms with Gasteiger partial charge in [-0.25, -0.2) is 9.48 Å². The van der Waals surface area contributed by atoms with E-state index in [4.69, 9.17) is 10.5 Å². The van der Waals surface area contributed by atoms with Gasteiger partial charge in [0.15, 0.2) is 12.4 Å². The molecule has 0 spiro atoms. The summed E-state index contributed by atoms with van der Waals surface area (Å²) in [5.41, 5.74) is 3.60. The second-order valence-electron chi connectivity index (χ2n) is 6.84. The molecule has 3 aromatic rings. The van der Waals surface area contributed by atoms with E-state index in [1.54, 1.807) is 19.0 Å². The number of nitrogens with two attached hydrogens (primary N) is 1. The molecule has 168 valence electrons. The number of nitrogens with zero attached hydrogens (tertiary/aromatic N) is 6. The van der Waals surface area contributed by atoms with E-state index in [2.05, 4.69) is 20.1 Å². The number of esters is 1. The maximum Gasteiger partial charge on any atom is 0.416 e. The Morgan fingerprint density at radius 3 is 2.56 bits per heavy atom. The number of carbonyl (C=O) groups excluding carboxylic acids is 1. The molecule has 0 amide bonds. The van der Waals surface area contributed by atoms with Crippen LogP contribution in [0.4, 0.5) is 25.1 Å². The van der Waals surface area contributed by atoms with Gasteiger partial charge in [0.2, 0.25) is 23.0 Å². The van der Waals surface area contributed by atoms with Crippen LogP contribution in [-0.2, 0) is 17.5 Å². The molecule has 0 saturated carbocycles. The van der Waals surface area contributed by atoms with Crippen LogP contribution in [0.1, 0.15) is 27.6 Å². The number of alkyl halides is 3. The summed E-state index contributed by atoms with van der Waals surface area (Å²) in [6.45, 7) is 1.05. The smallest absolute Gasteiger partial charge is 0.416 e. The largest absolute Gasteiger partial charge is 0.453 e. The molecule has 32 heavy (non-hydrogen) atoms. The average Bonchev–Trinajstić information content (AvgIpc) is 2.71. The third kappa shape index (κ3) is 4.99. The first-order valence-corrected chi connectivity index (χ1v) is 9.09. The Morgan fingerprint density at radius 2 is 1.91 bits per heavy atom. The van der Waals surface area contributed by atoms with Gasteiger partial charge in [-0.15, -0.1) is 0 Å². The molecule has 2 aromatic heterocycles. The van der Waals surface area contributed by atoms with Crippen molar-refractivity contribution in [3.05, 3.63) is 63.3 Å². The Morgan fingerprint density at radius 1 is 1.19 bits per heavy atom. The molecule has 0 unspecified atom stereocenters. The number of benzene rings is 1.